The molecule has 0 unspecified atom stereocenters. The van der Waals surface area contributed by atoms with Crippen LogP contribution in [0.25, 0.3) is 5.95 Å². The van der Waals surface area contributed by atoms with E-state index in [0.29, 0.717) is 5.95 Å². The van der Waals surface area contributed by atoms with E-state index < -0.39 is 0 Å². The lowest BCUT2D eigenvalue weighted by Gasteiger charge is -2.07. The van der Waals surface area contributed by atoms with Gasteiger partial charge in [-0.05, 0) is 19.3 Å². The zero-order valence-corrected chi connectivity index (χ0v) is 19.8. The third-order valence-electron chi connectivity index (χ3n) is 5.74. The van der Waals surface area contributed by atoms with E-state index in [0.717, 1.165) is 37.2 Å². The summed E-state index contributed by atoms with van der Waals surface area (Å²) in [6.45, 7) is 4.51. The summed E-state index contributed by atoms with van der Waals surface area (Å²) in [7, 11) is 0. The minimum atomic E-state index is 0.145. The van der Waals surface area contributed by atoms with Gasteiger partial charge in [0.15, 0.2) is 0 Å². The number of hydrogen-bond acceptors (Lipinski definition) is 6. The van der Waals surface area contributed by atoms with Gasteiger partial charge in [0.05, 0.1) is 5.69 Å². The van der Waals surface area contributed by atoms with Gasteiger partial charge in [-0.25, -0.2) is 4.98 Å². The molecule has 2 aromatic heterocycles. The maximum absolute atomic E-state index is 5.80. The molecule has 0 saturated carbocycles. The highest BCUT2D eigenvalue weighted by Gasteiger charge is 2.13. The van der Waals surface area contributed by atoms with Crippen LogP contribution in [0.15, 0.2) is 6.20 Å². The number of aryl methyl sites for hydroxylation is 2. The van der Waals surface area contributed by atoms with Crippen LogP contribution in [0.4, 0.5) is 11.9 Å². The zero-order valence-electron chi connectivity index (χ0n) is 19.8. The molecule has 0 fully saturated rings. The van der Waals surface area contributed by atoms with Crippen molar-refractivity contribution in [2.24, 2.45) is 0 Å². The number of unbranched alkanes of at least 4 members (excludes halogenated alkanes) is 12. The lowest BCUT2D eigenvalue weighted by Crippen LogP contribution is -2.10. The quantitative estimate of drug-likeness (QED) is 0.307. The molecule has 0 saturated heterocycles. The first-order chi connectivity index (χ1) is 15.1. The van der Waals surface area contributed by atoms with Gasteiger partial charge in [0.2, 0.25) is 17.8 Å². The van der Waals surface area contributed by atoms with Crippen molar-refractivity contribution in [3.8, 4) is 5.95 Å². The molecule has 7 heteroatoms. The Labute approximate surface area is 188 Å². The van der Waals surface area contributed by atoms with Crippen LogP contribution in [-0.2, 0) is 12.8 Å². The van der Waals surface area contributed by atoms with Gasteiger partial charge in [0.1, 0.15) is 5.82 Å². The molecule has 2 rings (SSSR count). The Morgan fingerprint density at radius 2 is 1.10 bits per heavy atom. The van der Waals surface area contributed by atoms with Crippen LogP contribution in [0.5, 0.6) is 0 Å². The summed E-state index contributed by atoms with van der Waals surface area (Å²) in [6.07, 6.45) is 22.0. The molecular formula is C24H43N7. The third kappa shape index (κ3) is 9.66. The standard InChI is InChI=1S/C24H43N7/c1-3-5-7-9-10-11-12-14-16-18-21-27-20(17-15-13-8-6-4-2)19-31(21)24-29-22(25)28-23(26)30-24/h19H,3-18H2,1-2H3,(H4,25,26,28,29,30). The van der Waals surface area contributed by atoms with E-state index in [4.69, 9.17) is 16.5 Å². The number of hydrogen-bond donors (Lipinski definition) is 2. The molecule has 0 spiro atoms. The van der Waals surface area contributed by atoms with E-state index in [9.17, 15) is 0 Å². The predicted octanol–water partition coefficient (Wildman–Crippen LogP) is 5.81. The monoisotopic (exact) mass is 429 g/mol. The summed E-state index contributed by atoms with van der Waals surface area (Å²) < 4.78 is 1.96. The predicted molar refractivity (Wildman–Crippen MR) is 129 cm³/mol. The van der Waals surface area contributed by atoms with Crippen LogP contribution in [0, 0.1) is 0 Å². The van der Waals surface area contributed by atoms with Crippen molar-refractivity contribution < 1.29 is 0 Å². The van der Waals surface area contributed by atoms with E-state index in [1.807, 2.05) is 4.57 Å². The van der Waals surface area contributed by atoms with E-state index in [-0.39, 0.29) is 11.9 Å². The minimum absolute atomic E-state index is 0.145. The lowest BCUT2D eigenvalue weighted by atomic mass is 10.1. The Hall–Kier alpha value is -2.18. The van der Waals surface area contributed by atoms with E-state index >= 15 is 0 Å². The number of imidazole rings is 1. The lowest BCUT2D eigenvalue weighted by molar-refractivity contribution is 0.560. The van der Waals surface area contributed by atoms with Crippen LogP contribution >= 0.6 is 0 Å². The van der Waals surface area contributed by atoms with Crippen molar-refractivity contribution in [3.05, 3.63) is 17.7 Å². The summed E-state index contributed by atoms with van der Waals surface area (Å²) in [5, 5.41) is 0. The van der Waals surface area contributed by atoms with Gasteiger partial charge in [-0.1, -0.05) is 90.9 Å². The summed E-state index contributed by atoms with van der Waals surface area (Å²) in [4.78, 5) is 17.4. The third-order valence-corrected chi connectivity index (χ3v) is 5.74. The summed E-state index contributed by atoms with van der Waals surface area (Å²) in [5.41, 5.74) is 12.7. The van der Waals surface area contributed by atoms with Gasteiger partial charge in [-0.3, -0.25) is 4.57 Å². The largest absolute Gasteiger partial charge is 0.368 e. The number of nitrogens with zero attached hydrogens (tertiary/aromatic N) is 5. The zero-order chi connectivity index (χ0) is 22.3. The van der Waals surface area contributed by atoms with Gasteiger partial charge < -0.3 is 11.5 Å². The van der Waals surface area contributed by atoms with Crippen LogP contribution in [0.1, 0.15) is 115 Å². The van der Waals surface area contributed by atoms with Crippen LogP contribution in [0.2, 0.25) is 0 Å². The van der Waals surface area contributed by atoms with Gasteiger partial charge >= 0.3 is 0 Å². The summed E-state index contributed by atoms with van der Waals surface area (Å²) in [5.74, 6) is 1.76. The smallest absolute Gasteiger partial charge is 0.241 e. The Morgan fingerprint density at radius 1 is 0.613 bits per heavy atom. The second-order valence-electron chi connectivity index (χ2n) is 8.61. The number of rotatable bonds is 17. The molecule has 7 nitrogen and oxygen atoms in total. The van der Waals surface area contributed by atoms with Crippen molar-refractivity contribution in [2.45, 2.75) is 117 Å². The maximum Gasteiger partial charge on any atom is 0.241 e. The van der Waals surface area contributed by atoms with Crippen LogP contribution in [-0.4, -0.2) is 24.5 Å². The Morgan fingerprint density at radius 3 is 1.65 bits per heavy atom. The number of nitrogen functional groups attached to an aromatic ring is 2. The molecule has 2 heterocycles. The molecule has 0 amide bonds. The second-order valence-corrected chi connectivity index (χ2v) is 8.61. The van der Waals surface area contributed by atoms with Crippen molar-refractivity contribution in [1.82, 2.24) is 24.5 Å². The van der Waals surface area contributed by atoms with Gasteiger partial charge in [-0.15, -0.1) is 0 Å². The normalized spacial score (nSPS) is 11.3. The molecule has 0 atom stereocenters. The molecular weight excluding hydrogens is 386 g/mol. The molecule has 0 aromatic carbocycles. The molecule has 2 aromatic rings. The highest BCUT2D eigenvalue weighted by Crippen LogP contribution is 2.17. The van der Waals surface area contributed by atoms with Gasteiger partial charge in [-0.2, -0.15) is 15.0 Å². The topological polar surface area (TPSA) is 109 Å². The van der Waals surface area contributed by atoms with Crippen molar-refractivity contribution in [2.75, 3.05) is 11.5 Å². The number of anilines is 2. The Balaban J connectivity index is 1.91. The molecule has 4 N–H and O–H groups in total. The van der Waals surface area contributed by atoms with E-state index in [1.54, 1.807) is 0 Å². The fourth-order valence-electron chi connectivity index (χ4n) is 3.95. The molecule has 0 bridgehead atoms. The van der Waals surface area contributed by atoms with Crippen molar-refractivity contribution in [1.29, 1.82) is 0 Å². The first-order valence-electron chi connectivity index (χ1n) is 12.5. The fraction of sp³-hybridized carbons (Fsp3) is 0.750. The molecule has 0 aliphatic heterocycles. The molecule has 0 aliphatic carbocycles. The number of aromatic nitrogens is 5. The van der Waals surface area contributed by atoms with Crippen molar-refractivity contribution in [3.63, 3.8) is 0 Å². The first kappa shape index (κ1) is 25.1. The first-order valence-corrected chi connectivity index (χ1v) is 12.5. The molecule has 174 valence electrons. The maximum atomic E-state index is 5.80. The highest BCUT2D eigenvalue weighted by molar-refractivity contribution is 5.32. The molecule has 0 radical (unpaired) electrons. The van der Waals surface area contributed by atoms with Crippen molar-refractivity contribution >= 4 is 11.9 Å². The Bertz CT molecular complexity index is 721. The SMILES string of the molecule is CCCCCCCCCCCc1nc(CCCCCCC)cn1-c1nc(N)nc(N)n1. The van der Waals surface area contributed by atoms with Crippen LogP contribution < -0.4 is 11.5 Å². The summed E-state index contributed by atoms with van der Waals surface area (Å²) >= 11 is 0. The summed E-state index contributed by atoms with van der Waals surface area (Å²) in [6, 6.07) is 0. The van der Waals surface area contributed by atoms with E-state index in [1.165, 1.54) is 77.0 Å². The van der Waals surface area contributed by atoms with Crippen LogP contribution in [0.3, 0.4) is 0 Å². The average molecular weight is 430 g/mol. The number of nitrogens with two attached hydrogens (primary N) is 2. The molecule has 31 heavy (non-hydrogen) atoms. The average Bonchev–Trinajstić information content (AvgIpc) is 3.15. The van der Waals surface area contributed by atoms with Gasteiger partial charge in [0.25, 0.3) is 0 Å². The van der Waals surface area contributed by atoms with E-state index in [2.05, 4.69) is 35.0 Å². The Kier molecular flexibility index (Phi) is 11.9. The van der Waals surface area contributed by atoms with Gasteiger partial charge in [0, 0.05) is 12.6 Å². The molecule has 0 aliphatic rings. The highest BCUT2D eigenvalue weighted by atomic mass is 15.3. The minimum Gasteiger partial charge on any atom is -0.368 e. The second kappa shape index (κ2) is 14.8. The fourth-order valence-corrected chi connectivity index (χ4v) is 3.95.